The first kappa shape index (κ1) is 23.6. The normalized spacial score (nSPS) is 23.2. The summed E-state index contributed by atoms with van der Waals surface area (Å²) in [7, 11) is 0. The summed E-state index contributed by atoms with van der Waals surface area (Å²) in [6.45, 7) is 8.62. The molecule has 0 amide bonds. The van der Waals surface area contributed by atoms with Crippen LogP contribution < -0.4 is 4.74 Å². The number of β-amino-alcohol motifs (C(OH)–C–C–N with tert-alkyl or cyclic N) is 1. The molecule has 0 aliphatic carbocycles. The molecule has 4 atom stereocenters. The lowest BCUT2D eigenvalue weighted by atomic mass is 9.92. The van der Waals surface area contributed by atoms with Crippen molar-refractivity contribution in [2.24, 2.45) is 0 Å². The highest BCUT2D eigenvalue weighted by atomic mass is 19.4. The fraction of sp³-hybridized carbons (Fsp3) is 0.520. The average Bonchev–Trinajstić information content (AvgIpc) is 2.71. The number of nitrogens with zero attached hydrogens (tertiary/aromatic N) is 1. The number of ether oxygens (including phenoxy) is 1. The molecule has 0 saturated carbocycles. The van der Waals surface area contributed by atoms with E-state index in [4.69, 9.17) is 4.74 Å². The SMILES string of the molecule is CC1CCCC(C)N1CC(C)(O)C(C)Oc1ccc(-c2ccc(C(F)(F)F)cc2)cc1. The van der Waals surface area contributed by atoms with Crippen molar-refractivity contribution in [3.8, 4) is 16.9 Å². The first-order valence-electron chi connectivity index (χ1n) is 10.9. The summed E-state index contributed by atoms with van der Waals surface area (Å²) in [5, 5.41) is 11.1. The van der Waals surface area contributed by atoms with Gasteiger partial charge in [-0.2, -0.15) is 13.2 Å². The first-order chi connectivity index (χ1) is 14.5. The third-order valence-electron chi connectivity index (χ3n) is 6.47. The molecule has 6 heteroatoms. The minimum atomic E-state index is -4.34. The minimum absolute atomic E-state index is 0.425. The Kier molecular flexibility index (Phi) is 7.01. The van der Waals surface area contributed by atoms with Crippen molar-refractivity contribution in [3.05, 3.63) is 54.1 Å². The fourth-order valence-corrected chi connectivity index (χ4v) is 4.19. The Morgan fingerprint density at radius 1 is 0.968 bits per heavy atom. The number of rotatable bonds is 6. The maximum atomic E-state index is 12.7. The number of piperidine rings is 1. The Balaban J connectivity index is 1.64. The second-order valence-corrected chi connectivity index (χ2v) is 9.02. The van der Waals surface area contributed by atoms with Gasteiger partial charge in [0.05, 0.1) is 5.56 Å². The van der Waals surface area contributed by atoms with Crippen molar-refractivity contribution in [2.45, 2.75) is 76.9 Å². The van der Waals surface area contributed by atoms with E-state index in [2.05, 4.69) is 18.7 Å². The van der Waals surface area contributed by atoms with Crippen molar-refractivity contribution in [2.75, 3.05) is 6.54 Å². The maximum Gasteiger partial charge on any atom is 0.416 e. The molecule has 2 aromatic carbocycles. The molecule has 3 rings (SSSR count). The minimum Gasteiger partial charge on any atom is -0.488 e. The van der Waals surface area contributed by atoms with E-state index in [1.54, 1.807) is 12.1 Å². The molecule has 0 aromatic heterocycles. The topological polar surface area (TPSA) is 32.7 Å². The van der Waals surface area contributed by atoms with Crippen molar-refractivity contribution in [1.82, 2.24) is 4.90 Å². The Labute approximate surface area is 182 Å². The molecule has 1 aliphatic heterocycles. The summed E-state index contributed by atoms with van der Waals surface area (Å²) < 4.78 is 44.3. The van der Waals surface area contributed by atoms with Gasteiger partial charge in [-0.15, -0.1) is 0 Å². The molecular weight excluding hydrogens is 403 g/mol. The van der Waals surface area contributed by atoms with E-state index in [9.17, 15) is 18.3 Å². The number of hydrogen-bond donors (Lipinski definition) is 1. The number of alkyl halides is 3. The zero-order chi connectivity index (χ0) is 22.8. The van der Waals surface area contributed by atoms with E-state index in [-0.39, 0.29) is 0 Å². The molecule has 2 aromatic rings. The van der Waals surface area contributed by atoms with Crippen LogP contribution in [0.2, 0.25) is 0 Å². The van der Waals surface area contributed by atoms with Crippen molar-refractivity contribution < 1.29 is 23.0 Å². The van der Waals surface area contributed by atoms with Gasteiger partial charge in [-0.05, 0) is 75.9 Å². The second kappa shape index (κ2) is 9.21. The summed E-state index contributed by atoms with van der Waals surface area (Å²) in [6, 6.07) is 13.2. The van der Waals surface area contributed by atoms with Gasteiger partial charge in [-0.25, -0.2) is 0 Å². The van der Waals surface area contributed by atoms with Crippen LogP contribution >= 0.6 is 0 Å². The van der Waals surface area contributed by atoms with E-state index in [0.717, 1.165) is 30.5 Å². The summed E-state index contributed by atoms with van der Waals surface area (Å²) in [4.78, 5) is 2.36. The number of hydrogen-bond acceptors (Lipinski definition) is 3. The van der Waals surface area contributed by atoms with Gasteiger partial charge < -0.3 is 9.84 Å². The lowest BCUT2D eigenvalue weighted by molar-refractivity contribution is -0.137. The number of halogens is 3. The molecule has 0 radical (unpaired) electrons. The van der Waals surface area contributed by atoms with Gasteiger partial charge >= 0.3 is 6.18 Å². The molecular formula is C25H32F3NO2. The van der Waals surface area contributed by atoms with Gasteiger partial charge in [-0.1, -0.05) is 30.7 Å². The maximum absolute atomic E-state index is 12.7. The fourth-order valence-electron chi connectivity index (χ4n) is 4.19. The zero-order valence-corrected chi connectivity index (χ0v) is 18.6. The summed E-state index contributed by atoms with van der Waals surface area (Å²) >= 11 is 0. The van der Waals surface area contributed by atoms with Crippen LogP contribution in [-0.2, 0) is 6.18 Å². The summed E-state index contributed by atoms with van der Waals surface area (Å²) in [5.41, 5.74) is -0.180. The predicted octanol–water partition coefficient (Wildman–Crippen LogP) is 6.15. The standard InChI is InChI=1S/C25H32F3NO2/c1-17-6-5-7-18(2)29(17)16-24(4,30)19(3)31-23-14-10-21(11-15-23)20-8-12-22(13-9-20)25(26,27)28/h8-15,17-19,30H,5-7,16H2,1-4H3. The molecule has 0 bridgehead atoms. The molecule has 1 N–H and O–H groups in total. The van der Waals surface area contributed by atoms with E-state index >= 15 is 0 Å². The Hall–Kier alpha value is -2.05. The third-order valence-corrected chi connectivity index (χ3v) is 6.47. The molecule has 31 heavy (non-hydrogen) atoms. The molecule has 170 valence electrons. The monoisotopic (exact) mass is 435 g/mol. The lowest BCUT2D eigenvalue weighted by Crippen LogP contribution is -2.55. The van der Waals surface area contributed by atoms with E-state index in [1.165, 1.54) is 18.6 Å². The van der Waals surface area contributed by atoms with Crippen LogP contribution in [0.5, 0.6) is 5.75 Å². The zero-order valence-electron chi connectivity index (χ0n) is 18.6. The van der Waals surface area contributed by atoms with Gasteiger partial charge in [-0.3, -0.25) is 4.90 Å². The third kappa shape index (κ3) is 5.80. The number of aliphatic hydroxyl groups is 1. The smallest absolute Gasteiger partial charge is 0.416 e. The van der Waals surface area contributed by atoms with Gasteiger partial charge in [0.25, 0.3) is 0 Å². The van der Waals surface area contributed by atoms with Gasteiger partial charge in [0.2, 0.25) is 0 Å². The van der Waals surface area contributed by atoms with Crippen LogP contribution in [0.1, 0.15) is 52.5 Å². The number of likely N-dealkylation sites (tertiary alicyclic amines) is 1. The van der Waals surface area contributed by atoms with E-state index in [0.29, 0.717) is 29.9 Å². The molecule has 1 aliphatic rings. The lowest BCUT2D eigenvalue weighted by Gasteiger charge is -2.44. The predicted molar refractivity (Wildman–Crippen MR) is 117 cm³/mol. The highest BCUT2D eigenvalue weighted by molar-refractivity contribution is 5.64. The molecule has 0 spiro atoms. The molecule has 1 fully saturated rings. The van der Waals surface area contributed by atoms with E-state index in [1.807, 2.05) is 26.0 Å². The number of benzene rings is 2. The molecule has 4 unspecified atom stereocenters. The van der Waals surface area contributed by atoms with Crippen LogP contribution in [0.15, 0.2) is 48.5 Å². The molecule has 3 nitrogen and oxygen atoms in total. The van der Waals surface area contributed by atoms with Crippen molar-refractivity contribution >= 4 is 0 Å². The quantitative estimate of drug-likeness (QED) is 0.590. The molecule has 1 saturated heterocycles. The Morgan fingerprint density at radius 3 is 1.94 bits per heavy atom. The second-order valence-electron chi connectivity index (χ2n) is 9.02. The highest BCUT2D eigenvalue weighted by Crippen LogP contribution is 2.32. The van der Waals surface area contributed by atoms with Crippen LogP contribution in [0, 0.1) is 0 Å². The highest BCUT2D eigenvalue weighted by Gasteiger charge is 2.36. The van der Waals surface area contributed by atoms with Crippen LogP contribution in [0.3, 0.4) is 0 Å². The Bertz CT molecular complexity index is 837. The van der Waals surface area contributed by atoms with E-state index < -0.39 is 23.4 Å². The summed E-state index contributed by atoms with van der Waals surface area (Å²) in [6.07, 6.45) is -1.26. The van der Waals surface area contributed by atoms with Gasteiger partial charge in [0.15, 0.2) is 0 Å². The van der Waals surface area contributed by atoms with Crippen LogP contribution in [0.4, 0.5) is 13.2 Å². The van der Waals surface area contributed by atoms with Crippen LogP contribution in [0.25, 0.3) is 11.1 Å². The van der Waals surface area contributed by atoms with Crippen LogP contribution in [-0.4, -0.2) is 40.3 Å². The van der Waals surface area contributed by atoms with Crippen molar-refractivity contribution in [3.63, 3.8) is 0 Å². The Morgan fingerprint density at radius 2 is 1.45 bits per heavy atom. The van der Waals surface area contributed by atoms with Gasteiger partial charge in [0.1, 0.15) is 17.5 Å². The largest absolute Gasteiger partial charge is 0.488 e. The summed E-state index contributed by atoms with van der Waals surface area (Å²) in [5.74, 6) is 0.614. The van der Waals surface area contributed by atoms with Gasteiger partial charge in [0, 0.05) is 18.6 Å². The average molecular weight is 436 g/mol. The molecule has 1 heterocycles. The first-order valence-corrected chi connectivity index (χ1v) is 10.9. The van der Waals surface area contributed by atoms with Crippen molar-refractivity contribution in [1.29, 1.82) is 0 Å².